The number of thiophene rings is 1. The van der Waals surface area contributed by atoms with Gasteiger partial charge in [0.05, 0.1) is 11.0 Å². The number of benzene rings is 9. The summed E-state index contributed by atoms with van der Waals surface area (Å²) in [4.78, 5) is 0. The van der Waals surface area contributed by atoms with E-state index in [0.717, 1.165) is 5.69 Å². The number of fused-ring (bicyclic) bond motifs is 9. The number of para-hydroxylation sites is 1. The lowest BCUT2D eigenvalue weighted by atomic mass is 9.87. The van der Waals surface area contributed by atoms with Crippen LogP contribution in [0.2, 0.25) is 0 Å². The quantitative estimate of drug-likeness (QED) is 0.166. The summed E-state index contributed by atoms with van der Waals surface area (Å²) in [5.41, 5.74) is 17.8. The molecule has 2 heterocycles. The van der Waals surface area contributed by atoms with Gasteiger partial charge in [-0.25, -0.2) is 0 Å². The second-order valence-corrected chi connectivity index (χ2v) is 16.3. The number of nitrogens with zero attached hydrogens (tertiary/aromatic N) is 1. The van der Waals surface area contributed by atoms with Crippen molar-refractivity contribution < 1.29 is 0 Å². The number of hydrogen-bond acceptors (Lipinski definition) is 1. The third-order valence-corrected chi connectivity index (χ3v) is 13.3. The van der Waals surface area contributed by atoms with Gasteiger partial charge in [0.15, 0.2) is 0 Å². The Labute approximate surface area is 335 Å². The van der Waals surface area contributed by atoms with Gasteiger partial charge in [0.25, 0.3) is 0 Å². The van der Waals surface area contributed by atoms with Gasteiger partial charge >= 0.3 is 0 Å². The van der Waals surface area contributed by atoms with Crippen molar-refractivity contribution in [2.24, 2.45) is 0 Å². The maximum atomic E-state index is 2.45. The fourth-order valence-electron chi connectivity index (χ4n) is 9.48. The summed E-state index contributed by atoms with van der Waals surface area (Å²) < 4.78 is 5.11. The monoisotopic (exact) mass is 741 g/mol. The predicted octanol–water partition coefficient (Wildman–Crippen LogP) is 15.3. The average Bonchev–Trinajstić information content (AvgIpc) is 3.94. The van der Waals surface area contributed by atoms with E-state index in [1.165, 1.54) is 103 Å². The molecular formula is C55H35NS. The first-order chi connectivity index (χ1) is 28.3. The van der Waals surface area contributed by atoms with E-state index in [2.05, 4.69) is 211 Å². The zero-order valence-electron chi connectivity index (χ0n) is 31.1. The molecule has 1 aliphatic rings. The fourth-order valence-corrected chi connectivity index (χ4v) is 10.6. The molecule has 1 nitrogen and oxygen atoms in total. The molecule has 2 heteroatoms. The first-order valence-electron chi connectivity index (χ1n) is 19.7. The van der Waals surface area contributed by atoms with Crippen LogP contribution < -0.4 is 0 Å². The summed E-state index contributed by atoms with van der Waals surface area (Å²) in [7, 11) is 0. The summed E-state index contributed by atoms with van der Waals surface area (Å²) in [5, 5.41) is 5.22. The molecule has 2 aromatic heterocycles. The average molecular weight is 742 g/mol. The highest BCUT2D eigenvalue weighted by atomic mass is 32.1. The van der Waals surface area contributed by atoms with Crippen LogP contribution in [0, 0.1) is 0 Å². The van der Waals surface area contributed by atoms with E-state index in [4.69, 9.17) is 0 Å². The Morgan fingerprint density at radius 3 is 1.79 bits per heavy atom. The smallest absolute Gasteiger partial charge is 0.0547 e. The number of hydrogen-bond donors (Lipinski definition) is 0. The van der Waals surface area contributed by atoms with Crippen LogP contribution in [-0.2, 0) is 0 Å². The zero-order chi connectivity index (χ0) is 37.5. The van der Waals surface area contributed by atoms with Crippen molar-refractivity contribution in [1.82, 2.24) is 4.57 Å². The van der Waals surface area contributed by atoms with Gasteiger partial charge in [-0.1, -0.05) is 158 Å². The van der Waals surface area contributed by atoms with Crippen LogP contribution in [0.25, 0.3) is 92.2 Å². The summed E-state index contributed by atoms with van der Waals surface area (Å²) >= 11 is 1.87. The molecule has 0 amide bonds. The SMILES string of the molecule is c1ccc(C2c3ccccc3-c3ccc(-c4cccc5c4c4ccccc4n5-c4ccc(-c5ccc(-c6ccc7sc8ccccc8c7c6)cc5)cc4)cc32)cc1. The summed E-state index contributed by atoms with van der Waals surface area (Å²) in [6.07, 6.45) is 0. The van der Waals surface area contributed by atoms with Gasteiger partial charge in [0.2, 0.25) is 0 Å². The molecule has 0 aliphatic heterocycles. The zero-order valence-corrected chi connectivity index (χ0v) is 31.9. The van der Waals surface area contributed by atoms with Crippen molar-refractivity contribution in [2.75, 3.05) is 0 Å². The standard InChI is InChI=1S/C55H35NS/c1-2-11-38(12-3-1)54-46-15-5-4-13-43(46)44-31-27-40(34-49(44)54)42-17-10-19-51-55(42)47-16-6-8-18-50(47)56(51)41-29-25-36(26-30-41)35-21-23-37(24-22-35)39-28-32-53-48(33-39)45-14-7-9-20-52(45)57-53/h1-34,54H. The van der Waals surface area contributed by atoms with Crippen molar-refractivity contribution in [3.8, 4) is 50.2 Å². The highest BCUT2D eigenvalue weighted by Crippen LogP contribution is 2.50. The molecule has 0 fully saturated rings. The van der Waals surface area contributed by atoms with Crippen molar-refractivity contribution in [2.45, 2.75) is 5.92 Å². The Bertz CT molecular complexity index is 3330. The normalized spacial score (nSPS) is 13.4. The molecule has 266 valence electrons. The van der Waals surface area contributed by atoms with Crippen LogP contribution in [0.5, 0.6) is 0 Å². The Morgan fingerprint density at radius 1 is 0.351 bits per heavy atom. The van der Waals surface area contributed by atoms with Gasteiger partial charge in [0, 0.05) is 42.6 Å². The summed E-state index contributed by atoms with van der Waals surface area (Å²) in [6, 6.07) is 76.3. The summed E-state index contributed by atoms with van der Waals surface area (Å²) in [5.74, 6) is 0.212. The minimum atomic E-state index is 0.212. The van der Waals surface area contributed by atoms with E-state index in [-0.39, 0.29) is 5.92 Å². The number of aromatic nitrogens is 1. The van der Waals surface area contributed by atoms with Crippen molar-refractivity contribution in [3.63, 3.8) is 0 Å². The molecule has 0 bridgehead atoms. The van der Waals surface area contributed by atoms with Gasteiger partial charge < -0.3 is 4.57 Å². The summed E-state index contributed by atoms with van der Waals surface area (Å²) in [6.45, 7) is 0. The molecule has 1 atom stereocenters. The van der Waals surface area contributed by atoms with Gasteiger partial charge in [0.1, 0.15) is 0 Å². The molecule has 0 N–H and O–H groups in total. The van der Waals surface area contributed by atoms with Crippen molar-refractivity contribution >= 4 is 53.3 Å². The van der Waals surface area contributed by atoms with E-state index in [1.54, 1.807) is 0 Å². The van der Waals surface area contributed by atoms with Crippen molar-refractivity contribution in [3.05, 3.63) is 223 Å². The molecule has 57 heavy (non-hydrogen) atoms. The van der Waals surface area contributed by atoms with E-state index < -0.39 is 0 Å². The maximum absolute atomic E-state index is 2.45. The molecule has 12 rings (SSSR count). The van der Waals surface area contributed by atoms with E-state index >= 15 is 0 Å². The molecule has 0 saturated heterocycles. The van der Waals surface area contributed by atoms with Crippen LogP contribution in [0.4, 0.5) is 0 Å². The van der Waals surface area contributed by atoms with Crippen LogP contribution >= 0.6 is 11.3 Å². The Morgan fingerprint density at radius 2 is 0.947 bits per heavy atom. The van der Waals surface area contributed by atoms with E-state index in [0.29, 0.717) is 0 Å². The third kappa shape index (κ3) is 5.08. The molecule has 11 aromatic rings. The molecule has 1 aliphatic carbocycles. The first kappa shape index (κ1) is 32.3. The minimum Gasteiger partial charge on any atom is -0.309 e. The highest BCUT2D eigenvalue weighted by molar-refractivity contribution is 7.25. The third-order valence-electron chi connectivity index (χ3n) is 12.1. The lowest BCUT2D eigenvalue weighted by Crippen LogP contribution is -1.99. The van der Waals surface area contributed by atoms with Crippen LogP contribution in [0.15, 0.2) is 206 Å². The topological polar surface area (TPSA) is 4.93 Å². The van der Waals surface area contributed by atoms with Crippen LogP contribution in [0.3, 0.4) is 0 Å². The first-order valence-corrected chi connectivity index (χ1v) is 20.5. The van der Waals surface area contributed by atoms with Crippen molar-refractivity contribution in [1.29, 1.82) is 0 Å². The maximum Gasteiger partial charge on any atom is 0.0547 e. The Balaban J connectivity index is 0.916. The largest absolute Gasteiger partial charge is 0.309 e. The molecule has 1 unspecified atom stereocenters. The van der Waals surface area contributed by atoms with Crippen LogP contribution in [-0.4, -0.2) is 4.57 Å². The molecule has 0 spiro atoms. The van der Waals surface area contributed by atoms with Gasteiger partial charge in [-0.3, -0.25) is 0 Å². The van der Waals surface area contributed by atoms with Crippen LogP contribution in [0.1, 0.15) is 22.6 Å². The molecule has 0 saturated carbocycles. The second kappa shape index (κ2) is 12.8. The molecule has 0 radical (unpaired) electrons. The molecule has 9 aromatic carbocycles. The van der Waals surface area contributed by atoms with E-state index in [1.807, 2.05) is 11.3 Å². The van der Waals surface area contributed by atoms with Gasteiger partial charge in [-0.05, 0) is 110 Å². The number of rotatable bonds is 5. The minimum absolute atomic E-state index is 0.212. The lowest BCUT2D eigenvalue weighted by Gasteiger charge is -2.16. The fraction of sp³-hybridized carbons (Fsp3) is 0.0182. The lowest BCUT2D eigenvalue weighted by molar-refractivity contribution is 1.02. The van der Waals surface area contributed by atoms with E-state index in [9.17, 15) is 0 Å². The van der Waals surface area contributed by atoms with Gasteiger partial charge in [-0.15, -0.1) is 11.3 Å². The van der Waals surface area contributed by atoms with Gasteiger partial charge in [-0.2, -0.15) is 0 Å². The Kier molecular flexibility index (Phi) is 7.23. The predicted molar refractivity (Wildman–Crippen MR) is 243 cm³/mol. The Hall–Kier alpha value is -7.00. The molecular weight excluding hydrogens is 707 g/mol. The highest BCUT2D eigenvalue weighted by Gasteiger charge is 2.30. The second-order valence-electron chi connectivity index (χ2n) is 15.2.